The number of carbonyl (C=O) groups is 4. The van der Waals surface area contributed by atoms with Crippen LogP contribution >= 0.6 is 0 Å². The van der Waals surface area contributed by atoms with Crippen LogP contribution in [0.15, 0.2) is 36.7 Å². The molecule has 2 aliphatic heterocycles. The molecule has 0 radical (unpaired) electrons. The normalized spacial score (nSPS) is 17.1. The summed E-state index contributed by atoms with van der Waals surface area (Å²) in [6.07, 6.45) is -5.20. The predicted octanol–water partition coefficient (Wildman–Crippen LogP) is 2.05. The molecule has 12 nitrogen and oxygen atoms in total. The van der Waals surface area contributed by atoms with E-state index < -0.39 is 55.2 Å². The maximum atomic E-state index is 15.1. The lowest BCUT2D eigenvalue weighted by Gasteiger charge is -2.36. The van der Waals surface area contributed by atoms with Crippen molar-refractivity contribution in [2.24, 2.45) is 0 Å². The quantitative estimate of drug-likeness (QED) is 0.440. The van der Waals surface area contributed by atoms with E-state index in [1.807, 2.05) is 5.32 Å². The number of hydrogen-bond donors (Lipinski definition) is 2. The molecule has 42 heavy (non-hydrogen) atoms. The summed E-state index contributed by atoms with van der Waals surface area (Å²) in [5.41, 5.74) is -0.226. The van der Waals surface area contributed by atoms with Gasteiger partial charge in [0.05, 0.1) is 30.9 Å². The van der Waals surface area contributed by atoms with Gasteiger partial charge in [-0.25, -0.2) is 18.4 Å². The topological polar surface area (TPSA) is 133 Å². The number of hydrogen-bond acceptors (Lipinski definition) is 8. The number of aromatic nitrogens is 1. The van der Waals surface area contributed by atoms with E-state index in [9.17, 15) is 32.3 Å². The van der Waals surface area contributed by atoms with Gasteiger partial charge in [-0.05, 0) is 12.1 Å². The molecule has 0 saturated carbocycles. The Morgan fingerprint density at radius 2 is 1.76 bits per heavy atom. The number of ether oxygens (including phenoxy) is 2. The highest BCUT2D eigenvalue weighted by atomic mass is 19.4. The van der Waals surface area contributed by atoms with Gasteiger partial charge in [-0.3, -0.25) is 19.5 Å². The number of pyridine rings is 1. The van der Waals surface area contributed by atoms with Crippen molar-refractivity contribution in [3.05, 3.63) is 53.9 Å². The van der Waals surface area contributed by atoms with Gasteiger partial charge < -0.3 is 29.9 Å². The van der Waals surface area contributed by atoms with Gasteiger partial charge in [0, 0.05) is 50.7 Å². The van der Waals surface area contributed by atoms with Crippen molar-refractivity contribution in [2.45, 2.75) is 12.3 Å². The van der Waals surface area contributed by atoms with Gasteiger partial charge in [0.15, 0.2) is 18.2 Å². The van der Waals surface area contributed by atoms with Gasteiger partial charge in [-0.15, -0.1) is 0 Å². The molecule has 3 heterocycles. The molecule has 2 aromatic rings. The van der Waals surface area contributed by atoms with Crippen LogP contribution in [-0.2, 0) is 14.3 Å². The maximum Gasteiger partial charge on any atom is 0.422 e. The minimum absolute atomic E-state index is 0.0966. The molecular formula is C25H25F5N6O6. The van der Waals surface area contributed by atoms with Gasteiger partial charge in [-0.1, -0.05) is 0 Å². The second-order valence-corrected chi connectivity index (χ2v) is 9.24. The third-order valence-electron chi connectivity index (χ3n) is 6.30. The Balaban J connectivity index is 1.28. The lowest BCUT2D eigenvalue weighted by molar-refractivity contribution is -0.160. The number of nitrogens with one attached hydrogen (secondary N) is 2. The van der Waals surface area contributed by atoms with Crippen LogP contribution in [0.3, 0.4) is 0 Å². The molecule has 1 aromatic heterocycles. The second-order valence-electron chi connectivity index (χ2n) is 9.24. The Labute approximate surface area is 235 Å². The Hall–Kier alpha value is -4.70. The number of anilines is 2. The fourth-order valence-electron chi connectivity index (χ4n) is 4.29. The van der Waals surface area contributed by atoms with Crippen molar-refractivity contribution < 1.29 is 50.6 Å². The zero-order valence-electron chi connectivity index (χ0n) is 21.8. The second kappa shape index (κ2) is 12.9. The van der Waals surface area contributed by atoms with Gasteiger partial charge in [-0.2, -0.15) is 13.2 Å². The summed E-state index contributed by atoms with van der Waals surface area (Å²) in [4.78, 5) is 55.9. The molecule has 4 rings (SSSR count). The van der Waals surface area contributed by atoms with Crippen molar-refractivity contribution in [2.75, 3.05) is 62.2 Å². The summed E-state index contributed by atoms with van der Waals surface area (Å²) < 4.78 is 75.6. The molecule has 2 N–H and O–H groups in total. The third-order valence-corrected chi connectivity index (χ3v) is 6.30. The van der Waals surface area contributed by atoms with E-state index in [2.05, 4.69) is 15.0 Å². The van der Waals surface area contributed by atoms with Crippen molar-refractivity contribution in [1.82, 2.24) is 20.5 Å². The summed E-state index contributed by atoms with van der Waals surface area (Å²) in [7, 11) is 0. The summed E-state index contributed by atoms with van der Waals surface area (Å²) in [6.45, 7) is -2.22. The highest BCUT2D eigenvalue weighted by molar-refractivity contribution is 5.96. The van der Waals surface area contributed by atoms with E-state index in [1.165, 1.54) is 22.2 Å². The predicted molar refractivity (Wildman–Crippen MR) is 135 cm³/mol. The molecule has 2 saturated heterocycles. The van der Waals surface area contributed by atoms with Gasteiger partial charge in [0.2, 0.25) is 5.91 Å². The average molecular weight is 601 g/mol. The number of halogens is 5. The number of rotatable bonds is 8. The van der Waals surface area contributed by atoms with Crippen LogP contribution in [0, 0.1) is 11.6 Å². The van der Waals surface area contributed by atoms with Crippen molar-refractivity contribution in [1.29, 1.82) is 0 Å². The fraction of sp³-hybridized carbons (Fsp3) is 0.400. The maximum absolute atomic E-state index is 15.1. The zero-order chi connectivity index (χ0) is 30.4. The number of carbonyl (C=O) groups excluding carboxylic acids is 4. The molecule has 226 valence electrons. The van der Waals surface area contributed by atoms with Crippen molar-refractivity contribution in [3.8, 4) is 0 Å². The summed E-state index contributed by atoms with van der Waals surface area (Å²) in [5, 5.41) is 4.53. The van der Waals surface area contributed by atoms with E-state index in [1.54, 1.807) is 12.1 Å². The van der Waals surface area contributed by atoms with E-state index in [-0.39, 0.29) is 56.6 Å². The molecule has 0 bridgehead atoms. The molecule has 0 spiro atoms. The third kappa shape index (κ3) is 7.73. The Morgan fingerprint density at radius 1 is 1.07 bits per heavy atom. The lowest BCUT2D eigenvalue weighted by atomic mass is 10.2. The Morgan fingerprint density at radius 3 is 2.38 bits per heavy atom. The smallest absolute Gasteiger partial charge is 0.422 e. The monoisotopic (exact) mass is 600 g/mol. The van der Waals surface area contributed by atoms with Crippen LogP contribution in [0.1, 0.15) is 10.4 Å². The largest absolute Gasteiger partial charge is 0.442 e. The number of piperazine rings is 1. The number of alkyl halides is 3. The first kappa shape index (κ1) is 30.3. The Kier molecular flexibility index (Phi) is 9.27. The molecule has 17 heteroatoms. The minimum atomic E-state index is -4.71. The van der Waals surface area contributed by atoms with E-state index in [0.717, 1.165) is 17.0 Å². The van der Waals surface area contributed by atoms with E-state index >= 15 is 8.78 Å². The lowest BCUT2D eigenvalue weighted by Crippen LogP contribution is -2.51. The number of benzene rings is 1. The van der Waals surface area contributed by atoms with Crippen LogP contribution in [0.5, 0.6) is 0 Å². The minimum Gasteiger partial charge on any atom is -0.442 e. The highest BCUT2D eigenvalue weighted by Gasteiger charge is 2.35. The summed E-state index contributed by atoms with van der Waals surface area (Å²) in [5.74, 6) is -2.78. The van der Waals surface area contributed by atoms with E-state index in [4.69, 9.17) is 4.74 Å². The first-order valence-corrected chi connectivity index (χ1v) is 12.6. The molecule has 1 aromatic carbocycles. The van der Waals surface area contributed by atoms with Crippen LogP contribution in [0.25, 0.3) is 0 Å². The molecule has 0 aliphatic carbocycles. The number of nitrogens with zero attached hydrogens (tertiary/aromatic N) is 4. The highest BCUT2D eigenvalue weighted by Crippen LogP contribution is 2.31. The molecule has 1 atom stereocenters. The number of alkyl carbamates (subject to hydrolysis) is 1. The van der Waals surface area contributed by atoms with Crippen LogP contribution < -0.4 is 20.4 Å². The van der Waals surface area contributed by atoms with Gasteiger partial charge in [0.25, 0.3) is 5.91 Å². The van der Waals surface area contributed by atoms with Crippen LogP contribution in [-0.4, -0.2) is 98.6 Å². The molecule has 4 amide bonds. The zero-order valence-corrected chi connectivity index (χ0v) is 21.8. The molecule has 2 aliphatic rings. The first-order valence-electron chi connectivity index (χ1n) is 12.6. The molecule has 0 unspecified atom stereocenters. The van der Waals surface area contributed by atoms with Crippen LogP contribution in [0.2, 0.25) is 0 Å². The standard InChI is InChI=1S/C25H25F5N6O6/c26-18-8-16(36-13-17(42-24(36)40)11-33-23(39)41-14-25(28,29)30)9-19(27)21(18)35-6-4-34(5-7-35)20(37)12-32-22(38)15-2-1-3-31-10-15/h1-3,8-10,17H,4-7,11-14H2,(H,32,38)(H,33,39)/t17-/m0/s1. The first-order chi connectivity index (χ1) is 19.9. The van der Waals surface area contributed by atoms with E-state index in [0.29, 0.717) is 5.56 Å². The molecule has 2 fully saturated rings. The van der Waals surface area contributed by atoms with Crippen LogP contribution in [0.4, 0.5) is 42.9 Å². The number of amides is 4. The summed E-state index contributed by atoms with van der Waals surface area (Å²) >= 11 is 0. The van der Waals surface area contributed by atoms with Gasteiger partial charge >= 0.3 is 18.4 Å². The number of cyclic esters (lactones) is 1. The molecular weight excluding hydrogens is 575 g/mol. The fourth-order valence-corrected chi connectivity index (χ4v) is 4.29. The van der Waals surface area contributed by atoms with Crippen molar-refractivity contribution >= 4 is 35.4 Å². The SMILES string of the molecule is O=C(NC[C@H]1CN(c2cc(F)c(N3CCN(C(=O)CNC(=O)c4cccnc4)CC3)c(F)c2)C(=O)O1)OCC(F)(F)F. The van der Waals surface area contributed by atoms with Gasteiger partial charge in [0.1, 0.15) is 11.8 Å². The Bertz CT molecular complexity index is 1300. The average Bonchev–Trinajstić information content (AvgIpc) is 3.33. The van der Waals surface area contributed by atoms with Crippen molar-refractivity contribution in [3.63, 3.8) is 0 Å². The summed E-state index contributed by atoms with van der Waals surface area (Å²) in [6, 6.07) is 4.99.